The Hall–Kier alpha value is -3.00. The fraction of sp³-hybridized carbons (Fsp3) is 0.391. The third kappa shape index (κ3) is 6.76. The quantitative estimate of drug-likeness (QED) is 0.171. The van der Waals surface area contributed by atoms with E-state index in [4.69, 9.17) is 31.1 Å². The summed E-state index contributed by atoms with van der Waals surface area (Å²) in [5.74, 6) is -1.97. The summed E-state index contributed by atoms with van der Waals surface area (Å²) >= 11 is 7.79. The van der Waals surface area contributed by atoms with Gasteiger partial charge in [-0.1, -0.05) is 41.6 Å². The largest absolute Gasteiger partial charge is 0.466 e. The summed E-state index contributed by atoms with van der Waals surface area (Å²) in [6, 6.07) is 7.00. The van der Waals surface area contributed by atoms with E-state index in [1.165, 1.54) is 18.9 Å². The molecule has 1 aliphatic rings. The number of allylic oxidation sites excluding steroid dienone is 1. The number of benzene rings is 1. The van der Waals surface area contributed by atoms with Gasteiger partial charge in [0.2, 0.25) is 6.19 Å². The summed E-state index contributed by atoms with van der Waals surface area (Å²) in [5, 5.41) is 15.7. The van der Waals surface area contributed by atoms with Crippen LogP contribution in [0.3, 0.4) is 0 Å². The van der Waals surface area contributed by atoms with Gasteiger partial charge in [0.25, 0.3) is 0 Å². The maximum absolute atomic E-state index is 13.1. The Morgan fingerprint density at radius 2 is 2.03 bits per heavy atom. The Kier molecular flexibility index (Phi) is 10.9. The molecule has 0 fully saturated rings. The van der Waals surface area contributed by atoms with Crippen LogP contribution in [0, 0.1) is 11.5 Å². The normalized spacial score (nSPS) is 16.0. The number of rotatable bonds is 9. The molecule has 0 spiro atoms. The predicted octanol–water partition coefficient (Wildman–Crippen LogP) is 3.10. The molecular formula is C23H27ClN4O5S. The molecule has 34 heavy (non-hydrogen) atoms. The van der Waals surface area contributed by atoms with Crippen LogP contribution >= 0.6 is 23.4 Å². The van der Waals surface area contributed by atoms with Gasteiger partial charge >= 0.3 is 11.9 Å². The molecule has 1 aromatic carbocycles. The van der Waals surface area contributed by atoms with E-state index in [0.717, 1.165) is 0 Å². The highest BCUT2D eigenvalue weighted by atomic mass is 35.5. The third-order valence-corrected chi connectivity index (χ3v) is 5.84. The first-order chi connectivity index (χ1) is 16.4. The Morgan fingerprint density at radius 1 is 1.29 bits per heavy atom. The van der Waals surface area contributed by atoms with Gasteiger partial charge < -0.3 is 24.8 Å². The van der Waals surface area contributed by atoms with E-state index in [1.807, 2.05) is 0 Å². The first-order valence-electron chi connectivity index (χ1n) is 10.4. The van der Waals surface area contributed by atoms with Gasteiger partial charge in [-0.3, -0.25) is 0 Å². The minimum atomic E-state index is -0.802. The van der Waals surface area contributed by atoms with Crippen molar-refractivity contribution < 1.29 is 23.8 Å². The lowest BCUT2D eigenvalue weighted by Gasteiger charge is -2.31. The maximum atomic E-state index is 13.1. The molecule has 0 radical (unpaired) electrons. The molecule has 1 unspecified atom stereocenters. The van der Waals surface area contributed by atoms with Gasteiger partial charge in [-0.05, 0) is 31.7 Å². The van der Waals surface area contributed by atoms with E-state index in [1.54, 1.807) is 50.6 Å². The van der Waals surface area contributed by atoms with Crippen molar-refractivity contribution in [2.75, 3.05) is 39.7 Å². The van der Waals surface area contributed by atoms with Crippen LogP contribution in [-0.2, 0) is 23.8 Å². The number of halogens is 1. The predicted molar refractivity (Wildman–Crippen MR) is 131 cm³/mol. The molecule has 1 aromatic rings. The Balaban J connectivity index is 2.41. The molecule has 2 N–H and O–H groups in total. The van der Waals surface area contributed by atoms with Crippen molar-refractivity contribution in [1.82, 2.24) is 10.6 Å². The summed E-state index contributed by atoms with van der Waals surface area (Å²) in [7, 11) is 1.28. The smallest absolute Gasteiger partial charge is 0.336 e. The van der Waals surface area contributed by atoms with Crippen LogP contribution in [0.4, 0.5) is 0 Å². The zero-order valence-electron chi connectivity index (χ0n) is 19.4. The van der Waals surface area contributed by atoms with Crippen LogP contribution in [0.25, 0.3) is 0 Å². The molecule has 11 heteroatoms. The first kappa shape index (κ1) is 27.2. The van der Waals surface area contributed by atoms with E-state index < -0.39 is 17.9 Å². The number of aliphatic imine (C=N–C) groups is 1. The number of methoxy groups -OCH3 is 1. The lowest BCUT2D eigenvalue weighted by Crippen LogP contribution is -2.35. The van der Waals surface area contributed by atoms with Gasteiger partial charge in [0.05, 0.1) is 49.7 Å². The zero-order chi connectivity index (χ0) is 25.1. The van der Waals surface area contributed by atoms with Crippen molar-refractivity contribution in [2.45, 2.75) is 19.8 Å². The topological polar surface area (TPSA) is 122 Å². The van der Waals surface area contributed by atoms with E-state index >= 15 is 0 Å². The molecule has 0 amide bonds. The van der Waals surface area contributed by atoms with Gasteiger partial charge in [0.15, 0.2) is 5.17 Å². The second-order valence-corrected chi connectivity index (χ2v) is 8.13. The number of nitrogens with zero attached hydrogens (tertiary/aromatic N) is 2. The Labute approximate surface area is 208 Å². The highest BCUT2D eigenvalue weighted by Gasteiger charge is 2.39. The summed E-state index contributed by atoms with van der Waals surface area (Å²) < 4.78 is 16.1. The minimum Gasteiger partial charge on any atom is -0.466 e. The highest BCUT2D eigenvalue weighted by molar-refractivity contribution is 8.13. The van der Waals surface area contributed by atoms with Crippen LogP contribution < -0.4 is 10.6 Å². The highest BCUT2D eigenvalue weighted by Crippen LogP contribution is 2.41. The molecule has 9 nitrogen and oxygen atoms in total. The molecule has 0 bridgehead atoms. The Bertz CT molecular complexity index is 1050. The van der Waals surface area contributed by atoms with Crippen molar-refractivity contribution in [3.8, 4) is 6.19 Å². The monoisotopic (exact) mass is 506 g/mol. The molecule has 182 valence electrons. The molecule has 1 heterocycles. The maximum Gasteiger partial charge on any atom is 0.336 e. The van der Waals surface area contributed by atoms with Crippen LogP contribution in [-0.4, -0.2) is 56.8 Å². The number of esters is 2. The van der Waals surface area contributed by atoms with Gasteiger partial charge in [-0.25, -0.2) is 9.59 Å². The van der Waals surface area contributed by atoms with Crippen LogP contribution in [0.2, 0.25) is 5.02 Å². The average molecular weight is 507 g/mol. The van der Waals surface area contributed by atoms with E-state index in [2.05, 4.69) is 15.6 Å². The fourth-order valence-electron chi connectivity index (χ4n) is 3.47. The van der Waals surface area contributed by atoms with Crippen molar-refractivity contribution in [3.63, 3.8) is 0 Å². The van der Waals surface area contributed by atoms with Gasteiger partial charge in [0, 0.05) is 17.3 Å². The molecule has 0 saturated heterocycles. The van der Waals surface area contributed by atoms with Crippen LogP contribution in [0.1, 0.15) is 25.3 Å². The molecule has 1 aliphatic heterocycles. The van der Waals surface area contributed by atoms with Crippen LogP contribution in [0.15, 0.2) is 51.8 Å². The summed E-state index contributed by atoms with van der Waals surface area (Å²) in [6.07, 6.45) is 3.53. The molecule has 2 rings (SSSR count). The number of thioether (sulfide) groups is 1. The number of carbonyl (C=O) groups is 2. The SMILES string of the molecule is CCOC(=O)C1=C(COCCNC(=NC#N)SC)NC(C)=C(C(=O)OC)C1c1ccccc1Cl. The van der Waals surface area contributed by atoms with Crippen molar-refractivity contribution in [3.05, 3.63) is 57.4 Å². The standard InChI is InChI=1S/C23H27ClN4O5S/c1-5-33-22(30)20-17(12-32-11-10-26-23(34-4)27-13-25)28-14(2)18(21(29)31-3)19(20)15-8-6-7-9-16(15)24/h6-9,19,28H,5,10-12H2,1-4H3,(H,26,27). The molecular weight excluding hydrogens is 480 g/mol. The summed E-state index contributed by atoms with van der Waals surface area (Å²) in [5.41, 5.74) is 2.05. The van der Waals surface area contributed by atoms with E-state index in [-0.39, 0.29) is 31.0 Å². The number of hydrogen-bond acceptors (Lipinski definition) is 9. The zero-order valence-corrected chi connectivity index (χ0v) is 21.0. The lowest BCUT2D eigenvalue weighted by atomic mass is 9.80. The van der Waals surface area contributed by atoms with Crippen molar-refractivity contribution in [2.24, 2.45) is 4.99 Å². The number of hydrogen-bond donors (Lipinski definition) is 2. The molecule has 1 atom stereocenters. The second-order valence-electron chi connectivity index (χ2n) is 6.92. The molecule has 0 aliphatic carbocycles. The fourth-order valence-corrected chi connectivity index (χ4v) is 4.09. The van der Waals surface area contributed by atoms with Crippen LogP contribution in [0.5, 0.6) is 0 Å². The third-order valence-electron chi connectivity index (χ3n) is 4.88. The van der Waals surface area contributed by atoms with E-state index in [0.29, 0.717) is 33.7 Å². The Morgan fingerprint density at radius 3 is 2.65 bits per heavy atom. The number of nitrogens with one attached hydrogen (secondary N) is 2. The lowest BCUT2D eigenvalue weighted by molar-refractivity contribution is -0.139. The number of carbonyl (C=O) groups excluding carboxylic acids is 2. The van der Waals surface area contributed by atoms with Gasteiger partial charge in [-0.15, -0.1) is 4.99 Å². The minimum absolute atomic E-state index is 0.0482. The first-order valence-corrected chi connectivity index (χ1v) is 12.0. The van der Waals surface area contributed by atoms with E-state index in [9.17, 15) is 9.59 Å². The van der Waals surface area contributed by atoms with Crippen molar-refractivity contribution >= 4 is 40.5 Å². The summed E-state index contributed by atoms with van der Waals surface area (Å²) in [4.78, 5) is 29.5. The van der Waals surface area contributed by atoms with Gasteiger partial charge in [-0.2, -0.15) is 5.26 Å². The molecule has 0 saturated carbocycles. The van der Waals surface area contributed by atoms with Crippen molar-refractivity contribution in [1.29, 1.82) is 5.26 Å². The summed E-state index contributed by atoms with van der Waals surface area (Å²) in [6.45, 7) is 4.31. The molecule has 0 aromatic heterocycles. The number of nitriles is 1. The number of amidine groups is 1. The van der Waals surface area contributed by atoms with Gasteiger partial charge in [0.1, 0.15) is 0 Å². The number of ether oxygens (including phenoxy) is 3. The second kappa shape index (κ2) is 13.6. The number of dihydropyridines is 1. The average Bonchev–Trinajstić information content (AvgIpc) is 2.82.